The number of carbonyl (C=O) groups is 4. The highest BCUT2D eigenvalue weighted by atomic mass is 19.3. The first kappa shape index (κ1) is 42.1. The van der Waals surface area contributed by atoms with E-state index < -0.39 is 71.5 Å². The van der Waals surface area contributed by atoms with Gasteiger partial charge in [0.1, 0.15) is 11.6 Å². The minimum absolute atomic E-state index is 0.0971. The van der Waals surface area contributed by atoms with Gasteiger partial charge in [-0.05, 0) is 45.9 Å². The smallest absolute Gasteiger partial charge is 0.312 e. The molecule has 0 unspecified atom stereocenters. The molecule has 2 atom stereocenters. The molecule has 2 fully saturated rings. The molecule has 0 bridgehead atoms. The molecule has 310 valence electrons. The number of hydrogen-bond acceptors (Lipinski definition) is 6. The van der Waals surface area contributed by atoms with Crippen LogP contribution in [0.15, 0.2) is 60.9 Å². The Kier molecular flexibility index (Phi) is 11.6. The van der Waals surface area contributed by atoms with Crippen LogP contribution in [0, 0.1) is 10.8 Å². The van der Waals surface area contributed by atoms with Gasteiger partial charge in [0.25, 0.3) is 11.8 Å². The van der Waals surface area contributed by atoms with E-state index in [-0.39, 0.29) is 38.8 Å². The van der Waals surface area contributed by atoms with E-state index >= 15 is 0 Å². The summed E-state index contributed by atoms with van der Waals surface area (Å²) in [5.41, 5.74) is 3.73. The molecule has 0 aliphatic carbocycles. The topological polar surface area (TPSA) is 156 Å². The Hall–Kier alpha value is -5.54. The third-order valence-corrected chi connectivity index (χ3v) is 10.5. The summed E-state index contributed by atoms with van der Waals surface area (Å²) < 4.78 is 55.8. The molecule has 0 saturated carbocycles. The lowest BCUT2D eigenvalue weighted by Crippen LogP contribution is -2.52. The van der Waals surface area contributed by atoms with E-state index in [0.717, 1.165) is 32.1 Å². The lowest BCUT2D eigenvalue weighted by molar-refractivity contribution is -0.153. The van der Waals surface area contributed by atoms with Crippen molar-refractivity contribution in [2.45, 2.75) is 91.2 Å². The maximum absolute atomic E-state index is 13.9. The summed E-state index contributed by atoms with van der Waals surface area (Å²) in [6.45, 7) is 9.90. The Bertz CT molecular complexity index is 1980. The standard InChI is InChI=1S/C42H50F4N8O4/c1-39(2,3)31(51-35(55)37(57)53-19-7-17-41(43,44)23-53)33-47-21-29(49-33)27-13-9-25(10-14-27)26-11-15-28(16-12-26)30-22-48-34(50-30)32(40(4,5)6)52-36(56)38(58)54-20-8-18-42(45,46)24-54/h9-16,21-22,31-32H,7-8,17-20,23-24H2,1-6H3,(H,47,49)(H,48,50)(H,51,55)(H,52,56)/t31-,32-/m1/s1. The van der Waals surface area contributed by atoms with Crippen LogP contribution in [0.1, 0.15) is 91.0 Å². The van der Waals surface area contributed by atoms with E-state index in [1.165, 1.54) is 0 Å². The van der Waals surface area contributed by atoms with Crippen LogP contribution < -0.4 is 10.6 Å². The fraction of sp³-hybridized carbons (Fsp3) is 0.476. The molecule has 2 aromatic carbocycles. The Balaban J connectivity index is 1.11. The van der Waals surface area contributed by atoms with Gasteiger partial charge in [-0.2, -0.15) is 0 Å². The maximum Gasteiger partial charge on any atom is 0.312 e. The quantitative estimate of drug-likeness (QED) is 0.116. The van der Waals surface area contributed by atoms with Crippen molar-refractivity contribution in [2.24, 2.45) is 10.8 Å². The zero-order valence-electron chi connectivity index (χ0n) is 33.5. The van der Waals surface area contributed by atoms with Crippen molar-refractivity contribution in [3.63, 3.8) is 0 Å². The number of hydrogen-bond donors (Lipinski definition) is 4. The van der Waals surface area contributed by atoms with E-state index in [1.807, 2.05) is 90.1 Å². The largest absolute Gasteiger partial charge is 0.340 e. The average Bonchev–Trinajstić information content (AvgIpc) is 3.85. The summed E-state index contributed by atoms with van der Waals surface area (Å²) in [6, 6.07) is 14.1. The van der Waals surface area contributed by atoms with Crippen LogP contribution in [0.25, 0.3) is 33.6 Å². The van der Waals surface area contributed by atoms with Gasteiger partial charge in [0.05, 0.1) is 49.0 Å². The number of piperidine rings is 2. The normalized spacial score (nSPS) is 18.0. The first-order valence-corrected chi connectivity index (χ1v) is 19.4. The van der Waals surface area contributed by atoms with E-state index in [9.17, 15) is 36.7 Å². The Morgan fingerprint density at radius 3 is 1.24 bits per heavy atom. The molecule has 4 amide bonds. The number of imidazole rings is 2. The molecular weight excluding hydrogens is 757 g/mol. The summed E-state index contributed by atoms with van der Waals surface area (Å²) >= 11 is 0. The lowest BCUT2D eigenvalue weighted by atomic mass is 9.86. The summed E-state index contributed by atoms with van der Waals surface area (Å²) in [4.78, 5) is 68.9. The van der Waals surface area contributed by atoms with Crippen molar-refractivity contribution in [3.8, 4) is 33.6 Å². The van der Waals surface area contributed by atoms with Gasteiger partial charge in [-0.3, -0.25) is 19.2 Å². The van der Waals surface area contributed by atoms with Crippen molar-refractivity contribution in [1.29, 1.82) is 0 Å². The van der Waals surface area contributed by atoms with Crippen molar-refractivity contribution in [3.05, 3.63) is 72.6 Å². The molecule has 2 aromatic heterocycles. The van der Waals surface area contributed by atoms with Crippen molar-refractivity contribution in [1.82, 2.24) is 40.4 Å². The maximum atomic E-state index is 13.9. The van der Waals surface area contributed by atoms with Gasteiger partial charge < -0.3 is 30.4 Å². The highest BCUT2D eigenvalue weighted by Gasteiger charge is 2.42. The summed E-state index contributed by atoms with van der Waals surface area (Å²) in [6.07, 6.45) is 2.89. The second-order valence-corrected chi connectivity index (χ2v) is 17.4. The van der Waals surface area contributed by atoms with E-state index in [1.54, 1.807) is 12.4 Å². The Morgan fingerprint density at radius 1 is 0.603 bits per heavy atom. The third-order valence-electron chi connectivity index (χ3n) is 10.5. The molecule has 2 aliphatic heterocycles. The fourth-order valence-corrected chi connectivity index (χ4v) is 7.29. The molecule has 58 heavy (non-hydrogen) atoms. The molecule has 12 nitrogen and oxygen atoms in total. The number of benzene rings is 2. The molecule has 0 spiro atoms. The SMILES string of the molecule is CC(C)(C)[C@H](NC(=O)C(=O)N1CCCC(F)(F)C1)c1ncc(-c2ccc(-c3ccc(-c4cnc([C@@H](NC(=O)C(=O)N5CCCC(F)(F)C5)C(C)(C)C)[nH]4)cc3)cc2)[nH]1. The van der Waals surface area contributed by atoms with E-state index in [2.05, 4.69) is 30.6 Å². The van der Waals surface area contributed by atoms with Crippen molar-refractivity contribution in [2.75, 3.05) is 26.2 Å². The first-order valence-electron chi connectivity index (χ1n) is 19.4. The predicted molar refractivity (Wildman–Crippen MR) is 209 cm³/mol. The van der Waals surface area contributed by atoms with Crippen LogP contribution in [-0.4, -0.2) is 91.4 Å². The first-order chi connectivity index (χ1) is 27.1. The minimum atomic E-state index is -3.02. The third kappa shape index (κ3) is 9.76. The minimum Gasteiger partial charge on any atom is -0.340 e. The number of nitrogens with zero attached hydrogens (tertiary/aromatic N) is 4. The monoisotopic (exact) mass is 806 g/mol. The van der Waals surface area contributed by atoms with Gasteiger partial charge in [-0.15, -0.1) is 0 Å². The Morgan fingerprint density at radius 2 is 0.931 bits per heavy atom. The number of carbonyl (C=O) groups excluding carboxylic acids is 4. The van der Waals surface area contributed by atoms with Gasteiger partial charge in [-0.1, -0.05) is 90.1 Å². The summed E-state index contributed by atoms with van der Waals surface area (Å²) in [5.74, 6) is -9.11. The van der Waals surface area contributed by atoms with Gasteiger partial charge in [-0.25, -0.2) is 27.5 Å². The number of halogens is 4. The highest BCUT2D eigenvalue weighted by Crippen LogP contribution is 2.35. The number of rotatable bonds is 7. The van der Waals surface area contributed by atoms with Crippen LogP contribution in [0.3, 0.4) is 0 Å². The number of H-pyrrole nitrogens is 2. The Labute approximate surface area is 334 Å². The zero-order chi connectivity index (χ0) is 42.2. The van der Waals surface area contributed by atoms with E-state index in [0.29, 0.717) is 23.0 Å². The van der Waals surface area contributed by atoms with Crippen LogP contribution in [-0.2, 0) is 19.2 Å². The van der Waals surface area contributed by atoms with Crippen LogP contribution in [0.4, 0.5) is 17.6 Å². The molecule has 2 saturated heterocycles. The van der Waals surface area contributed by atoms with Gasteiger partial charge in [0.2, 0.25) is 0 Å². The molecular formula is C42H50F4N8O4. The van der Waals surface area contributed by atoms with Crippen LogP contribution in [0.2, 0.25) is 0 Å². The number of amides is 4. The molecule has 4 heterocycles. The van der Waals surface area contributed by atoms with Gasteiger partial charge in [0.15, 0.2) is 0 Å². The molecule has 6 rings (SSSR count). The van der Waals surface area contributed by atoms with Crippen LogP contribution >= 0.6 is 0 Å². The van der Waals surface area contributed by atoms with E-state index in [4.69, 9.17) is 0 Å². The molecule has 4 N–H and O–H groups in total. The molecule has 4 aromatic rings. The number of nitrogens with one attached hydrogen (secondary N) is 4. The van der Waals surface area contributed by atoms with Gasteiger partial charge in [0, 0.05) is 25.9 Å². The second kappa shape index (κ2) is 16.0. The highest BCUT2D eigenvalue weighted by molar-refractivity contribution is 6.35. The second-order valence-electron chi connectivity index (χ2n) is 17.4. The van der Waals surface area contributed by atoms with Crippen molar-refractivity contribution >= 4 is 23.6 Å². The zero-order valence-corrected chi connectivity index (χ0v) is 33.5. The van der Waals surface area contributed by atoms with Crippen LogP contribution in [0.5, 0.6) is 0 Å². The number of alkyl halides is 4. The predicted octanol–water partition coefficient (Wildman–Crippen LogP) is 7.06. The fourth-order valence-electron chi connectivity index (χ4n) is 7.29. The lowest BCUT2D eigenvalue weighted by Gasteiger charge is -2.33. The average molecular weight is 807 g/mol. The molecule has 2 aliphatic rings. The number of aromatic nitrogens is 4. The summed E-state index contributed by atoms with van der Waals surface area (Å²) in [7, 11) is 0. The summed E-state index contributed by atoms with van der Waals surface area (Å²) in [5, 5.41) is 5.44. The molecule has 16 heteroatoms. The van der Waals surface area contributed by atoms with Crippen molar-refractivity contribution < 1.29 is 36.7 Å². The molecule has 0 radical (unpaired) electrons. The number of aromatic amines is 2. The number of likely N-dealkylation sites (tertiary alicyclic amines) is 2. The van der Waals surface area contributed by atoms with Gasteiger partial charge >= 0.3 is 23.6 Å².